The predicted molar refractivity (Wildman–Crippen MR) is 87.5 cm³/mol. The van der Waals surface area contributed by atoms with Gasteiger partial charge in [0.2, 0.25) is 5.91 Å². The Morgan fingerprint density at radius 3 is 2.10 bits per heavy atom. The summed E-state index contributed by atoms with van der Waals surface area (Å²) >= 11 is 0. The quantitative estimate of drug-likeness (QED) is 0.874. The molecule has 0 saturated heterocycles. The molecule has 2 N–H and O–H groups in total. The molecule has 0 fully saturated rings. The second-order valence-electron chi connectivity index (χ2n) is 5.17. The number of phenolic OH excluding ortho intramolecular Hbond substituents is 1. The summed E-state index contributed by atoms with van der Waals surface area (Å²) in [7, 11) is 0. The molecule has 2 aromatic rings. The highest BCUT2D eigenvalue weighted by atomic mass is 16.3. The van der Waals surface area contributed by atoms with E-state index in [1.54, 1.807) is 24.3 Å². The summed E-state index contributed by atoms with van der Waals surface area (Å²) < 4.78 is 0. The van der Waals surface area contributed by atoms with Crippen LogP contribution in [0.3, 0.4) is 0 Å². The van der Waals surface area contributed by atoms with Gasteiger partial charge in [-0.05, 0) is 35.7 Å². The number of rotatable bonds is 4. The van der Waals surface area contributed by atoms with Gasteiger partial charge in [0, 0.05) is 5.69 Å². The van der Waals surface area contributed by atoms with Crippen LogP contribution in [-0.4, -0.2) is 11.0 Å². The normalized spacial score (nSPS) is 11.6. The van der Waals surface area contributed by atoms with Gasteiger partial charge in [-0.1, -0.05) is 51.6 Å². The third-order valence-electron chi connectivity index (χ3n) is 3.24. The molecule has 0 heterocycles. The molecule has 2 rings (SSSR count). The minimum absolute atomic E-state index is 0. The summed E-state index contributed by atoms with van der Waals surface area (Å²) in [6, 6.07) is 16.2. The Hall–Kier alpha value is -2.29. The van der Waals surface area contributed by atoms with Crippen LogP contribution in [0.5, 0.6) is 5.75 Å². The Balaban J connectivity index is 0.00000220. The van der Waals surface area contributed by atoms with Crippen LogP contribution in [0, 0.1) is 5.92 Å². The largest absolute Gasteiger partial charge is 0.508 e. The Kier molecular flexibility index (Phi) is 5.97. The zero-order valence-electron chi connectivity index (χ0n) is 11.7. The average Bonchev–Trinajstić information content (AvgIpc) is 2.42. The van der Waals surface area contributed by atoms with Gasteiger partial charge in [0.05, 0.1) is 5.92 Å². The Bertz CT molecular complexity index is 562. The van der Waals surface area contributed by atoms with Crippen LogP contribution in [-0.2, 0) is 4.79 Å². The number of nitrogens with one attached hydrogen (secondary N) is 1. The highest BCUT2D eigenvalue weighted by Crippen LogP contribution is 2.27. The topological polar surface area (TPSA) is 49.3 Å². The maximum absolute atomic E-state index is 12.5. The van der Waals surface area contributed by atoms with Crippen molar-refractivity contribution in [3.8, 4) is 5.75 Å². The molecule has 21 heavy (non-hydrogen) atoms. The number of amides is 1. The van der Waals surface area contributed by atoms with Crippen LogP contribution in [0.25, 0.3) is 0 Å². The van der Waals surface area contributed by atoms with Gasteiger partial charge in [-0.3, -0.25) is 4.79 Å². The molecular formula is C18H23NO2. The molecule has 112 valence electrons. The lowest BCUT2D eigenvalue weighted by atomic mass is 9.87. The summed E-state index contributed by atoms with van der Waals surface area (Å²) in [5.41, 5.74) is 1.70. The lowest BCUT2D eigenvalue weighted by Gasteiger charge is -2.20. The molecule has 0 radical (unpaired) electrons. The lowest BCUT2D eigenvalue weighted by molar-refractivity contribution is -0.118. The van der Waals surface area contributed by atoms with E-state index in [-0.39, 0.29) is 30.9 Å². The number of aromatic hydroxyl groups is 1. The fourth-order valence-electron chi connectivity index (χ4n) is 2.26. The monoisotopic (exact) mass is 285 g/mol. The molecule has 2 aromatic carbocycles. The first-order valence-corrected chi connectivity index (χ1v) is 6.73. The third-order valence-corrected chi connectivity index (χ3v) is 3.24. The van der Waals surface area contributed by atoms with E-state index in [1.165, 1.54) is 0 Å². The predicted octanol–water partition coefficient (Wildman–Crippen LogP) is 4.41. The molecule has 1 atom stereocenters. The van der Waals surface area contributed by atoms with Gasteiger partial charge in [0.1, 0.15) is 5.75 Å². The van der Waals surface area contributed by atoms with Gasteiger partial charge < -0.3 is 10.4 Å². The van der Waals surface area contributed by atoms with Crippen LogP contribution < -0.4 is 5.32 Å². The van der Waals surface area contributed by atoms with Crippen molar-refractivity contribution in [1.29, 1.82) is 0 Å². The number of benzene rings is 2. The molecule has 0 aromatic heterocycles. The summed E-state index contributed by atoms with van der Waals surface area (Å²) in [5.74, 6) is 0.107. The average molecular weight is 285 g/mol. The van der Waals surface area contributed by atoms with Gasteiger partial charge in [-0.2, -0.15) is 0 Å². The van der Waals surface area contributed by atoms with Crippen LogP contribution >= 0.6 is 0 Å². The fraction of sp³-hybridized carbons (Fsp3) is 0.278. The number of carbonyl (C=O) groups excluding carboxylic acids is 1. The molecule has 0 spiro atoms. The van der Waals surface area contributed by atoms with Gasteiger partial charge in [0.25, 0.3) is 0 Å². The Morgan fingerprint density at radius 2 is 1.57 bits per heavy atom. The van der Waals surface area contributed by atoms with Crippen molar-refractivity contribution in [2.75, 3.05) is 5.32 Å². The van der Waals surface area contributed by atoms with Crippen molar-refractivity contribution >= 4 is 11.6 Å². The summed E-state index contributed by atoms with van der Waals surface area (Å²) in [6.45, 7) is 4.03. The van der Waals surface area contributed by atoms with E-state index >= 15 is 0 Å². The van der Waals surface area contributed by atoms with Gasteiger partial charge in [-0.25, -0.2) is 0 Å². The number of hydrogen-bond donors (Lipinski definition) is 2. The van der Waals surface area contributed by atoms with Crippen LogP contribution in [0.4, 0.5) is 5.69 Å². The van der Waals surface area contributed by atoms with Crippen molar-refractivity contribution in [3.63, 3.8) is 0 Å². The zero-order chi connectivity index (χ0) is 14.5. The van der Waals surface area contributed by atoms with Gasteiger partial charge in [0.15, 0.2) is 0 Å². The minimum Gasteiger partial charge on any atom is -0.508 e. The number of anilines is 1. The standard InChI is InChI=1S/C17H19NO2.CH4/c1-12(2)16(13-8-10-15(19)11-9-13)17(20)18-14-6-4-3-5-7-14;/h3-12,16,19H,1-2H3,(H,18,20);1H4. The van der Waals surface area contributed by atoms with E-state index in [9.17, 15) is 9.90 Å². The van der Waals surface area contributed by atoms with Crippen molar-refractivity contribution in [2.24, 2.45) is 5.92 Å². The first-order chi connectivity index (χ1) is 9.58. The van der Waals surface area contributed by atoms with E-state index < -0.39 is 0 Å². The number of carbonyl (C=O) groups is 1. The molecule has 0 aliphatic carbocycles. The Labute approximate surface area is 126 Å². The molecule has 0 aliphatic rings. The molecule has 0 bridgehead atoms. The first-order valence-electron chi connectivity index (χ1n) is 6.73. The minimum atomic E-state index is -0.240. The van der Waals surface area contributed by atoms with Gasteiger partial charge in [-0.15, -0.1) is 0 Å². The van der Waals surface area contributed by atoms with Crippen LogP contribution in [0.1, 0.15) is 32.8 Å². The second kappa shape index (κ2) is 7.48. The maximum Gasteiger partial charge on any atom is 0.232 e. The molecule has 0 aliphatic heterocycles. The zero-order valence-corrected chi connectivity index (χ0v) is 11.7. The van der Waals surface area contributed by atoms with Crippen molar-refractivity contribution in [1.82, 2.24) is 0 Å². The lowest BCUT2D eigenvalue weighted by Crippen LogP contribution is -2.25. The molecular weight excluding hydrogens is 262 g/mol. The number of para-hydroxylation sites is 1. The highest BCUT2D eigenvalue weighted by molar-refractivity contribution is 5.96. The molecule has 1 unspecified atom stereocenters. The second-order valence-corrected chi connectivity index (χ2v) is 5.17. The van der Waals surface area contributed by atoms with Crippen molar-refractivity contribution in [3.05, 3.63) is 60.2 Å². The fourth-order valence-corrected chi connectivity index (χ4v) is 2.26. The molecule has 0 saturated carbocycles. The molecule has 3 nitrogen and oxygen atoms in total. The first kappa shape index (κ1) is 16.8. The highest BCUT2D eigenvalue weighted by Gasteiger charge is 2.24. The van der Waals surface area contributed by atoms with Crippen LogP contribution in [0.15, 0.2) is 54.6 Å². The van der Waals surface area contributed by atoms with Crippen molar-refractivity contribution < 1.29 is 9.90 Å². The molecule has 3 heteroatoms. The maximum atomic E-state index is 12.5. The SMILES string of the molecule is C.CC(C)C(C(=O)Nc1ccccc1)c1ccc(O)cc1. The van der Waals surface area contributed by atoms with E-state index in [0.717, 1.165) is 11.3 Å². The smallest absolute Gasteiger partial charge is 0.232 e. The van der Waals surface area contributed by atoms with Crippen molar-refractivity contribution in [2.45, 2.75) is 27.2 Å². The van der Waals surface area contributed by atoms with Gasteiger partial charge >= 0.3 is 0 Å². The van der Waals surface area contributed by atoms with E-state index in [1.807, 2.05) is 44.2 Å². The third kappa shape index (κ3) is 4.35. The van der Waals surface area contributed by atoms with E-state index in [2.05, 4.69) is 5.32 Å². The summed E-state index contributed by atoms with van der Waals surface area (Å²) in [4.78, 5) is 12.5. The van der Waals surface area contributed by atoms with E-state index in [4.69, 9.17) is 0 Å². The summed E-state index contributed by atoms with van der Waals surface area (Å²) in [5, 5.41) is 12.3. The van der Waals surface area contributed by atoms with E-state index in [0.29, 0.717) is 0 Å². The summed E-state index contributed by atoms with van der Waals surface area (Å²) in [6.07, 6.45) is 0. The Morgan fingerprint density at radius 1 is 1.00 bits per heavy atom. The molecule has 1 amide bonds. The van der Waals surface area contributed by atoms with Crippen LogP contribution in [0.2, 0.25) is 0 Å². The number of phenols is 1. The number of hydrogen-bond acceptors (Lipinski definition) is 2.